The minimum atomic E-state index is 0.187. The summed E-state index contributed by atoms with van der Waals surface area (Å²) in [4.78, 5) is 0. The van der Waals surface area contributed by atoms with Crippen molar-refractivity contribution in [1.29, 1.82) is 0 Å². The molecule has 10 heavy (non-hydrogen) atoms. The molecule has 0 aliphatic rings. The summed E-state index contributed by atoms with van der Waals surface area (Å²) in [5, 5.41) is 11.8. The summed E-state index contributed by atoms with van der Waals surface area (Å²) in [6.45, 7) is 2.94. The maximum absolute atomic E-state index is 8.71. The van der Waals surface area contributed by atoms with E-state index in [0.29, 0.717) is 0 Å². The van der Waals surface area contributed by atoms with Gasteiger partial charge in [0, 0.05) is 18.1 Å². The Balaban J connectivity index is 3.25. The lowest BCUT2D eigenvalue weighted by molar-refractivity contribution is 0.242. The molecule has 0 heterocycles. The van der Waals surface area contributed by atoms with E-state index in [4.69, 9.17) is 16.7 Å². The van der Waals surface area contributed by atoms with Crippen molar-refractivity contribution in [2.75, 3.05) is 13.2 Å². The molecule has 0 aliphatic carbocycles. The molecule has 0 radical (unpaired) electrons. The Morgan fingerprint density at radius 2 is 2.40 bits per heavy atom. The second-order valence-electron chi connectivity index (χ2n) is 2.06. The Kier molecular flexibility index (Phi) is 7.03. The Morgan fingerprint density at radius 3 is 2.80 bits per heavy atom. The Labute approximate surface area is 66.9 Å². The maximum Gasteiger partial charge on any atom is 0.0584 e. The maximum atomic E-state index is 8.71. The number of aliphatic hydroxyl groups is 1. The van der Waals surface area contributed by atoms with Gasteiger partial charge in [-0.2, -0.15) is 0 Å². The van der Waals surface area contributed by atoms with Crippen LogP contribution >= 0.6 is 11.6 Å². The molecule has 0 rings (SSSR count). The summed E-state index contributed by atoms with van der Waals surface area (Å²) in [6, 6.07) is 0.202. The molecule has 0 saturated carbocycles. The first-order valence-corrected chi connectivity index (χ1v) is 3.88. The molecule has 2 nitrogen and oxygen atoms in total. The third-order valence-electron chi connectivity index (χ3n) is 1.33. The van der Waals surface area contributed by atoms with Crippen molar-refractivity contribution in [2.24, 2.45) is 0 Å². The van der Waals surface area contributed by atoms with Crippen LogP contribution in [0.15, 0.2) is 11.6 Å². The van der Waals surface area contributed by atoms with Gasteiger partial charge in [-0.3, -0.25) is 0 Å². The second-order valence-corrected chi connectivity index (χ2v) is 2.31. The monoisotopic (exact) mass is 163 g/mol. The van der Waals surface area contributed by atoms with Gasteiger partial charge in [0.15, 0.2) is 0 Å². The van der Waals surface area contributed by atoms with Gasteiger partial charge in [-0.1, -0.05) is 24.6 Å². The van der Waals surface area contributed by atoms with E-state index in [1.807, 2.05) is 6.92 Å². The van der Waals surface area contributed by atoms with Crippen molar-refractivity contribution < 1.29 is 5.11 Å². The van der Waals surface area contributed by atoms with Crippen molar-refractivity contribution in [3.05, 3.63) is 11.6 Å². The fourth-order valence-corrected chi connectivity index (χ4v) is 0.706. The third kappa shape index (κ3) is 4.79. The van der Waals surface area contributed by atoms with Gasteiger partial charge in [-0.15, -0.1) is 0 Å². The summed E-state index contributed by atoms with van der Waals surface area (Å²) in [6.07, 6.45) is 2.74. The van der Waals surface area contributed by atoms with E-state index in [2.05, 4.69) is 5.32 Å². The van der Waals surface area contributed by atoms with Gasteiger partial charge in [0.25, 0.3) is 0 Å². The molecule has 0 spiro atoms. The van der Waals surface area contributed by atoms with Crippen LogP contribution in [0.4, 0.5) is 0 Å². The molecule has 0 aromatic carbocycles. The van der Waals surface area contributed by atoms with Gasteiger partial charge in [0.2, 0.25) is 0 Å². The number of hydrogen-bond acceptors (Lipinski definition) is 2. The Hall–Kier alpha value is -0.0500. The number of aliphatic hydroxyl groups excluding tert-OH is 1. The highest BCUT2D eigenvalue weighted by atomic mass is 35.5. The first kappa shape index (κ1) is 9.95. The molecule has 2 N–H and O–H groups in total. The zero-order chi connectivity index (χ0) is 7.82. The fourth-order valence-electron chi connectivity index (χ4n) is 0.617. The molecule has 3 heteroatoms. The number of nitrogens with one attached hydrogen (secondary N) is 1. The van der Waals surface area contributed by atoms with Crippen molar-refractivity contribution in [1.82, 2.24) is 5.32 Å². The molecule has 0 fully saturated rings. The molecule has 1 atom stereocenters. The SMILES string of the molecule is CCC(CO)NC/C=C/Cl. The summed E-state index contributed by atoms with van der Waals surface area (Å²) < 4.78 is 0. The highest BCUT2D eigenvalue weighted by Gasteiger charge is 1.99. The smallest absolute Gasteiger partial charge is 0.0584 e. The first-order valence-electron chi connectivity index (χ1n) is 3.44. The van der Waals surface area contributed by atoms with Crippen LogP contribution in [0.2, 0.25) is 0 Å². The summed E-state index contributed by atoms with van der Waals surface area (Å²) >= 11 is 5.29. The largest absolute Gasteiger partial charge is 0.395 e. The molecule has 0 aromatic heterocycles. The molecule has 0 amide bonds. The van der Waals surface area contributed by atoms with Gasteiger partial charge in [0.1, 0.15) is 0 Å². The summed E-state index contributed by atoms with van der Waals surface area (Å²) in [7, 11) is 0. The second kappa shape index (κ2) is 7.06. The average Bonchev–Trinajstić information content (AvgIpc) is 1.99. The van der Waals surface area contributed by atoms with Crippen LogP contribution in [-0.2, 0) is 0 Å². The van der Waals surface area contributed by atoms with Gasteiger partial charge in [0.05, 0.1) is 6.61 Å². The van der Waals surface area contributed by atoms with Crippen molar-refractivity contribution in [2.45, 2.75) is 19.4 Å². The van der Waals surface area contributed by atoms with Crippen LogP contribution in [0.1, 0.15) is 13.3 Å². The summed E-state index contributed by atoms with van der Waals surface area (Å²) in [5.74, 6) is 0. The van der Waals surface area contributed by atoms with E-state index in [-0.39, 0.29) is 12.6 Å². The van der Waals surface area contributed by atoms with Crippen LogP contribution in [0.25, 0.3) is 0 Å². The van der Waals surface area contributed by atoms with E-state index < -0.39 is 0 Å². The molecule has 0 aromatic rings. The minimum Gasteiger partial charge on any atom is -0.395 e. The van der Waals surface area contributed by atoms with Crippen molar-refractivity contribution in [3.63, 3.8) is 0 Å². The lowest BCUT2D eigenvalue weighted by Crippen LogP contribution is -2.31. The van der Waals surface area contributed by atoms with E-state index in [0.717, 1.165) is 13.0 Å². The fraction of sp³-hybridized carbons (Fsp3) is 0.714. The normalized spacial score (nSPS) is 14.3. The highest BCUT2D eigenvalue weighted by Crippen LogP contribution is 1.87. The zero-order valence-corrected chi connectivity index (χ0v) is 6.93. The van der Waals surface area contributed by atoms with Crippen LogP contribution in [0.3, 0.4) is 0 Å². The summed E-state index contributed by atoms with van der Waals surface area (Å²) in [5.41, 5.74) is 1.47. The van der Waals surface area contributed by atoms with E-state index in [9.17, 15) is 0 Å². The minimum absolute atomic E-state index is 0.187. The lowest BCUT2D eigenvalue weighted by Gasteiger charge is -2.10. The third-order valence-corrected chi connectivity index (χ3v) is 1.50. The molecule has 0 bridgehead atoms. The molecule has 60 valence electrons. The molecule has 0 saturated heterocycles. The Bertz CT molecular complexity index is 91.6. The van der Waals surface area contributed by atoms with Gasteiger partial charge in [-0.25, -0.2) is 0 Å². The number of halogens is 1. The number of rotatable bonds is 5. The lowest BCUT2D eigenvalue weighted by atomic mass is 10.2. The van der Waals surface area contributed by atoms with Crippen LogP contribution < -0.4 is 5.32 Å². The quantitative estimate of drug-likeness (QED) is 0.636. The number of hydrogen-bond donors (Lipinski definition) is 2. The molecule has 0 aliphatic heterocycles. The first-order chi connectivity index (χ1) is 4.85. The molecular weight excluding hydrogens is 150 g/mol. The predicted molar refractivity (Wildman–Crippen MR) is 44.2 cm³/mol. The molecule has 1 unspecified atom stereocenters. The highest BCUT2D eigenvalue weighted by molar-refractivity contribution is 6.25. The van der Waals surface area contributed by atoms with E-state index in [1.54, 1.807) is 6.08 Å². The van der Waals surface area contributed by atoms with Crippen LogP contribution in [0, 0.1) is 0 Å². The molecular formula is C7H14ClNO. The van der Waals surface area contributed by atoms with Gasteiger partial charge in [-0.05, 0) is 6.42 Å². The topological polar surface area (TPSA) is 32.3 Å². The Morgan fingerprint density at radius 1 is 1.70 bits per heavy atom. The standard InChI is InChI=1S/C7H14ClNO/c1-2-7(6-10)9-5-3-4-8/h3-4,7,9-10H,2,5-6H2,1H3/b4-3+. The predicted octanol–water partition coefficient (Wildman–Crippen LogP) is 1.10. The van der Waals surface area contributed by atoms with E-state index >= 15 is 0 Å². The average molecular weight is 164 g/mol. The van der Waals surface area contributed by atoms with Crippen LogP contribution in [0.5, 0.6) is 0 Å². The van der Waals surface area contributed by atoms with E-state index in [1.165, 1.54) is 5.54 Å². The zero-order valence-electron chi connectivity index (χ0n) is 6.18. The van der Waals surface area contributed by atoms with Crippen molar-refractivity contribution in [3.8, 4) is 0 Å². The van der Waals surface area contributed by atoms with Crippen LogP contribution in [-0.4, -0.2) is 24.3 Å². The van der Waals surface area contributed by atoms with Gasteiger partial charge < -0.3 is 10.4 Å². The van der Waals surface area contributed by atoms with Crippen molar-refractivity contribution >= 4 is 11.6 Å². The van der Waals surface area contributed by atoms with Gasteiger partial charge >= 0.3 is 0 Å².